The molecule has 1 aromatic heterocycles. The second-order valence-electron chi connectivity index (χ2n) is 5.25. The van der Waals surface area contributed by atoms with Crippen LogP contribution in [0.4, 0.5) is 4.39 Å². The smallest absolute Gasteiger partial charge is 0.254 e. The maximum Gasteiger partial charge on any atom is 0.254 e. The molecule has 134 valence electrons. The summed E-state index contributed by atoms with van der Waals surface area (Å²) in [4.78, 5) is 14.1. The van der Waals surface area contributed by atoms with E-state index >= 15 is 0 Å². The number of benzene rings is 1. The van der Waals surface area contributed by atoms with Crippen molar-refractivity contribution in [1.82, 2.24) is 10.2 Å². The zero-order chi connectivity index (χ0) is 16.1. The highest BCUT2D eigenvalue weighted by atomic mass is 35.5. The third-order valence-corrected chi connectivity index (χ3v) is 3.45. The second-order valence-corrected chi connectivity index (χ2v) is 5.25. The number of furan rings is 1. The molecule has 1 heterocycles. The number of rotatable bonds is 6. The van der Waals surface area contributed by atoms with Crippen molar-refractivity contribution in [3.8, 4) is 0 Å². The Morgan fingerprint density at radius 1 is 1.29 bits per heavy atom. The molecule has 0 aliphatic carbocycles. The van der Waals surface area contributed by atoms with Crippen LogP contribution in [0.25, 0.3) is 0 Å². The lowest BCUT2D eigenvalue weighted by atomic mass is 10.1. The molecule has 1 amide bonds. The van der Waals surface area contributed by atoms with Crippen molar-refractivity contribution in [1.29, 1.82) is 0 Å². The monoisotopic (exact) mass is 377 g/mol. The van der Waals surface area contributed by atoms with Crippen LogP contribution in [0.15, 0.2) is 41.0 Å². The Morgan fingerprint density at radius 3 is 2.42 bits per heavy atom. The van der Waals surface area contributed by atoms with E-state index in [4.69, 9.17) is 10.2 Å². The average molecular weight is 378 g/mol. The maximum absolute atomic E-state index is 13.0. The summed E-state index contributed by atoms with van der Waals surface area (Å²) in [5.74, 6) is 0.0586. The predicted molar refractivity (Wildman–Crippen MR) is 96.3 cm³/mol. The molecule has 0 saturated heterocycles. The Kier molecular flexibility index (Phi) is 9.62. The fourth-order valence-electron chi connectivity index (χ4n) is 2.18. The van der Waals surface area contributed by atoms with Crippen LogP contribution in [0.1, 0.15) is 27.7 Å². The van der Waals surface area contributed by atoms with Crippen molar-refractivity contribution >= 4 is 30.7 Å². The van der Waals surface area contributed by atoms with Gasteiger partial charge in [0.25, 0.3) is 5.91 Å². The quantitative estimate of drug-likeness (QED) is 0.811. The number of carbonyl (C=O) groups is 1. The van der Waals surface area contributed by atoms with Gasteiger partial charge in [0.05, 0.1) is 18.2 Å². The van der Waals surface area contributed by atoms with Gasteiger partial charge in [0.1, 0.15) is 17.8 Å². The molecule has 1 unspecified atom stereocenters. The number of likely N-dealkylation sites (N-methyl/N-ethyl adjacent to an activating group) is 1. The summed E-state index contributed by atoms with van der Waals surface area (Å²) in [7, 11) is 3.81. The highest BCUT2D eigenvalue weighted by Crippen LogP contribution is 2.18. The molecule has 2 aromatic rings. The molecule has 24 heavy (non-hydrogen) atoms. The highest BCUT2D eigenvalue weighted by Gasteiger charge is 2.17. The molecule has 0 spiro atoms. The van der Waals surface area contributed by atoms with Crippen LogP contribution in [0, 0.1) is 5.82 Å². The first-order valence-electron chi connectivity index (χ1n) is 6.99. The van der Waals surface area contributed by atoms with Crippen LogP contribution in [0.5, 0.6) is 0 Å². The number of nitrogens with two attached hydrogens (primary N) is 1. The van der Waals surface area contributed by atoms with Crippen molar-refractivity contribution < 1.29 is 13.6 Å². The van der Waals surface area contributed by atoms with Gasteiger partial charge in [-0.05, 0) is 37.9 Å². The van der Waals surface area contributed by atoms with Crippen LogP contribution in [-0.2, 0) is 6.54 Å². The van der Waals surface area contributed by atoms with Gasteiger partial charge < -0.3 is 20.4 Å². The Morgan fingerprint density at radius 2 is 1.92 bits per heavy atom. The molecule has 5 nitrogen and oxygen atoms in total. The van der Waals surface area contributed by atoms with Gasteiger partial charge in [0.2, 0.25) is 0 Å². The summed E-state index contributed by atoms with van der Waals surface area (Å²) in [6, 6.07) is 7.84. The minimum atomic E-state index is -0.280. The SMILES string of the molecule is CN(C)C(CNC(=O)c1coc(CN)c1)c1ccc(F)cc1.Cl.Cl. The molecule has 0 bridgehead atoms. The molecule has 0 saturated carbocycles. The predicted octanol–water partition coefficient (Wildman–Crippen LogP) is 2.75. The number of halogens is 3. The van der Waals surface area contributed by atoms with E-state index in [1.807, 2.05) is 19.0 Å². The van der Waals surface area contributed by atoms with Gasteiger partial charge in [-0.25, -0.2) is 4.39 Å². The van der Waals surface area contributed by atoms with Gasteiger partial charge in [0.15, 0.2) is 0 Å². The molecular formula is C16H22Cl2FN3O2. The zero-order valence-electron chi connectivity index (χ0n) is 13.5. The Hall–Kier alpha value is -1.60. The standard InChI is InChI=1S/C16H20FN3O2.2ClH/c1-20(2)15(11-3-5-13(17)6-4-11)9-19-16(21)12-7-14(8-18)22-10-12;;/h3-7,10,15H,8-9,18H2,1-2H3,(H,19,21);2*1H. The summed E-state index contributed by atoms with van der Waals surface area (Å²) >= 11 is 0. The van der Waals surface area contributed by atoms with Gasteiger partial charge in [-0.15, -0.1) is 24.8 Å². The van der Waals surface area contributed by atoms with Crippen LogP contribution >= 0.6 is 24.8 Å². The topological polar surface area (TPSA) is 71.5 Å². The van der Waals surface area contributed by atoms with Crippen LogP contribution in [0.2, 0.25) is 0 Å². The fraction of sp³-hybridized carbons (Fsp3) is 0.312. The van der Waals surface area contributed by atoms with Crippen molar-refractivity contribution in [2.45, 2.75) is 12.6 Å². The summed E-state index contributed by atoms with van der Waals surface area (Å²) in [5, 5.41) is 2.86. The second kappa shape index (κ2) is 10.3. The number of carbonyl (C=O) groups excluding carboxylic acids is 1. The van der Waals surface area contributed by atoms with E-state index in [1.165, 1.54) is 18.4 Å². The average Bonchev–Trinajstić information content (AvgIpc) is 2.98. The third kappa shape index (κ3) is 5.79. The first kappa shape index (κ1) is 22.4. The molecule has 3 N–H and O–H groups in total. The lowest BCUT2D eigenvalue weighted by Gasteiger charge is -2.25. The number of nitrogens with zero attached hydrogens (tertiary/aromatic N) is 1. The molecule has 0 aliphatic rings. The number of nitrogens with one attached hydrogen (secondary N) is 1. The van der Waals surface area contributed by atoms with Crippen LogP contribution in [0.3, 0.4) is 0 Å². The Balaban J connectivity index is 0.00000264. The third-order valence-electron chi connectivity index (χ3n) is 3.45. The van der Waals surface area contributed by atoms with Gasteiger partial charge in [-0.2, -0.15) is 0 Å². The van der Waals surface area contributed by atoms with Crippen molar-refractivity contribution in [3.63, 3.8) is 0 Å². The fourth-order valence-corrected chi connectivity index (χ4v) is 2.18. The maximum atomic E-state index is 13.0. The molecule has 1 aromatic carbocycles. The summed E-state index contributed by atoms with van der Waals surface area (Å²) in [6.07, 6.45) is 1.39. The van der Waals surface area contributed by atoms with E-state index in [0.717, 1.165) is 5.56 Å². The van der Waals surface area contributed by atoms with E-state index in [2.05, 4.69) is 5.32 Å². The molecule has 2 rings (SSSR count). The molecule has 0 fully saturated rings. The first-order chi connectivity index (χ1) is 10.5. The van der Waals surface area contributed by atoms with Gasteiger partial charge in [-0.1, -0.05) is 12.1 Å². The normalized spacial score (nSPS) is 11.4. The van der Waals surface area contributed by atoms with E-state index < -0.39 is 0 Å². The number of hydrogen-bond acceptors (Lipinski definition) is 4. The zero-order valence-corrected chi connectivity index (χ0v) is 15.1. The largest absolute Gasteiger partial charge is 0.467 e. The molecular weight excluding hydrogens is 356 g/mol. The Bertz CT molecular complexity index is 633. The lowest BCUT2D eigenvalue weighted by Crippen LogP contribution is -2.34. The Labute approximate surface area is 153 Å². The van der Waals surface area contributed by atoms with Crippen LogP contribution in [-0.4, -0.2) is 31.4 Å². The minimum absolute atomic E-state index is 0. The summed E-state index contributed by atoms with van der Waals surface area (Å²) < 4.78 is 18.2. The van der Waals surface area contributed by atoms with Gasteiger partial charge >= 0.3 is 0 Å². The van der Waals surface area contributed by atoms with Crippen LogP contribution < -0.4 is 11.1 Å². The number of hydrogen-bond donors (Lipinski definition) is 2. The van der Waals surface area contributed by atoms with E-state index in [1.54, 1.807) is 18.2 Å². The van der Waals surface area contributed by atoms with E-state index in [-0.39, 0.29) is 49.1 Å². The van der Waals surface area contributed by atoms with Crippen molar-refractivity contribution in [3.05, 3.63) is 59.3 Å². The highest BCUT2D eigenvalue weighted by molar-refractivity contribution is 5.94. The molecule has 1 atom stereocenters. The first-order valence-corrected chi connectivity index (χ1v) is 6.99. The minimum Gasteiger partial charge on any atom is -0.467 e. The summed E-state index contributed by atoms with van der Waals surface area (Å²) in [5.41, 5.74) is 6.82. The van der Waals surface area contributed by atoms with E-state index in [9.17, 15) is 9.18 Å². The lowest BCUT2D eigenvalue weighted by molar-refractivity contribution is 0.0941. The van der Waals surface area contributed by atoms with Crippen molar-refractivity contribution in [2.24, 2.45) is 5.73 Å². The van der Waals surface area contributed by atoms with Gasteiger partial charge in [-0.3, -0.25) is 4.79 Å². The molecule has 0 radical (unpaired) electrons. The summed E-state index contributed by atoms with van der Waals surface area (Å²) in [6.45, 7) is 0.657. The van der Waals surface area contributed by atoms with E-state index in [0.29, 0.717) is 17.9 Å². The molecule has 8 heteroatoms. The number of amides is 1. The molecule has 0 aliphatic heterocycles. The van der Waals surface area contributed by atoms with Gasteiger partial charge in [0, 0.05) is 6.54 Å². The van der Waals surface area contributed by atoms with Crippen molar-refractivity contribution in [2.75, 3.05) is 20.6 Å².